The van der Waals surface area contributed by atoms with Gasteiger partial charge in [0, 0.05) is 25.1 Å². The van der Waals surface area contributed by atoms with E-state index in [1.807, 2.05) is 6.07 Å². The third-order valence-electron chi connectivity index (χ3n) is 7.19. The molecule has 3 atom stereocenters. The third-order valence-corrected chi connectivity index (χ3v) is 7.19. The van der Waals surface area contributed by atoms with Gasteiger partial charge in [0.25, 0.3) is 0 Å². The summed E-state index contributed by atoms with van der Waals surface area (Å²) in [7, 11) is 0. The molecule has 1 aliphatic heterocycles. The van der Waals surface area contributed by atoms with E-state index in [1.54, 1.807) is 19.3 Å². The van der Waals surface area contributed by atoms with Crippen LogP contribution in [0.15, 0.2) is 18.5 Å². The minimum absolute atomic E-state index is 0.00650. The molecule has 172 valence electrons. The topological polar surface area (TPSA) is 71.9 Å². The van der Waals surface area contributed by atoms with Gasteiger partial charge in [-0.05, 0) is 44.9 Å². The highest BCUT2D eigenvalue weighted by Crippen LogP contribution is 2.55. The van der Waals surface area contributed by atoms with Gasteiger partial charge in [0.1, 0.15) is 5.75 Å². The standard InChI is InChI=1S/C22H29F3N2O4/c1-21(20(28)29)9-18(21)19-12-27(6-7-30-19)16-8-17(11-26-10-16)31-13-14-2-4-15(5-3-14)22(23,24)25/h8,10-11,14-15,18-19H,2-7,9,12-13H2,1H3,(H,28,29)/t14?,15?,18?,19-,21?/m1/s1. The molecule has 4 rings (SSSR count). The predicted molar refractivity (Wildman–Crippen MR) is 107 cm³/mol. The molecule has 1 aromatic rings. The van der Waals surface area contributed by atoms with E-state index in [2.05, 4.69) is 9.88 Å². The quantitative estimate of drug-likeness (QED) is 0.714. The van der Waals surface area contributed by atoms with Crippen LogP contribution in [-0.4, -0.2) is 54.6 Å². The van der Waals surface area contributed by atoms with E-state index in [9.17, 15) is 23.1 Å². The fraction of sp³-hybridized carbons (Fsp3) is 0.727. The molecule has 2 unspecified atom stereocenters. The Kier molecular flexibility index (Phi) is 6.07. The van der Waals surface area contributed by atoms with Crippen molar-refractivity contribution in [1.82, 2.24) is 4.98 Å². The molecule has 1 saturated heterocycles. The van der Waals surface area contributed by atoms with Gasteiger partial charge in [-0.2, -0.15) is 13.2 Å². The zero-order valence-corrected chi connectivity index (χ0v) is 17.6. The Morgan fingerprint density at radius 2 is 2.06 bits per heavy atom. The molecular weight excluding hydrogens is 413 g/mol. The van der Waals surface area contributed by atoms with Gasteiger partial charge >= 0.3 is 12.1 Å². The molecule has 3 fully saturated rings. The van der Waals surface area contributed by atoms with Gasteiger partial charge in [-0.3, -0.25) is 9.78 Å². The minimum Gasteiger partial charge on any atom is -0.492 e. The number of hydrogen-bond acceptors (Lipinski definition) is 5. The average molecular weight is 442 g/mol. The first-order chi connectivity index (χ1) is 14.7. The lowest BCUT2D eigenvalue weighted by Crippen LogP contribution is -2.44. The summed E-state index contributed by atoms with van der Waals surface area (Å²) in [6.45, 7) is 3.95. The second-order valence-electron chi connectivity index (χ2n) is 9.34. The summed E-state index contributed by atoms with van der Waals surface area (Å²) in [5.74, 6) is -1.23. The van der Waals surface area contributed by atoms with Crippen molar-refractivity contribution in [3.63, 3.8) is 0 Å². The van der Waals surface area contributed by atoms with Crippen molar-refractivity contribution < 1.29 is 32.5 Å². The van der Waals surface area contributed by atoms with E-state index in [-0.39, 0.29) is 30.8 Å². The van der Waals surface area contributed by atoms with Crippen LogP contribution in [0.2, 0.25) is 0 Å². The Labute approximate surface area is 179 Å². The molecule has 0 aromatic carbocycles. The summed E-state index contributed by atoms with van der Waals surface area (Å²) in [4.78, 5) is 17.8. The van der Waals surface area contributed by atoms with Crippen LogP contribution in [0.1, 0.15) is 39.0 Å². The van der Waals surface area contributed by atoms with Crippen molar-refractivity contribution in [2.75, 3.05) is 31.2 Å². The van der Waals surface area contributed by atoms with Crippen LogP contribution in [0.3, 0.4) is 0 Å². The van der Waals surface area contributed by atoms with Crippen molar-refractivity contribution >= 4 is 11.7 Å². The molecule has 0 spiro atoms. The monoisotopic (exact) mass is 442 g/mol. The second-order valence-corrected chi connectivity index (χ2v) is 9.34. The second kappa shape index (κ2) is 8.48. The molecule has 3 aliphatic rings. The molecule has 2 aliphatic carbocycles. The van der Waals surface area contributed by atoms with Gasteiger partial charge in [0.15, 0.2) is 0 Å². The summed E-state index contributed by atoms with van der Waals surface area (Å²) in [5, 5.41) is 9.40. The predicted octanol–water partition coefficient (Wildman–Crippen LogP) is 4.15. The Hall–Kier alpha value is -2.03. The maximum atomic E-state index is 12.8. The smallest absolute Gasteiger partial charge is 0.391 e. The summed E-state index contributed by atoms with van der Waals surface area (Å²) < 4.78 is 50.2. The molecule has 1 aromatic heterocycles. The Morgan fingerprint density at radius 1 is 1.32 bits per heavy atom. The van der Waals surface area contributed by atoms with E-state index in [1.165, 1.54) is 0 Å². The Morgan fingerprint density at radius 3 is 2.71 bits per heavy atom. The van der Waals surface area contributed by atoms with Crippen molar-refractivity contribution in [3.05, 3.63) is 18.5 Å². The number of alkyl halides is 3. The first kappa shape index (κ1) is 22.2. The van der Waals surface area contributed by atoms with Crippen molar-refractivity contribution in [2.24, 2.45) is 23.2 Å². The van der Waals surface area contributed by atoms with Crippen molar-refractivity contribution in [2.45, 2.75) is 51.3 Å². The number of nitrogens with zero attached hydrogens (tertiary/aromatic N) is 2. The van der Waals surface area contributed by atoms with Crippen LogP contribution in [0, 0.1) is 23.2 Å². The zero-order valence-electron chi connectivity index (χ0n) is 17.6. The number of pyridine rings is 1. The Bertz CT molecular complexity index is 797. The van der Waals surface area contributed by atoms with Crippen LogP contribution in [0.5, 0.6) is 5.75 Å². The minimum atomic E-state index is -4.09. The average Bonchev–Trinajstić information content (AvgIpc) is 3.46. The lowest BCUT2D eigenvalue weighted by atomic mass is 9.82. The van der Waals surface area contributed by atoms with Gasteiger partial charge in [-0.25, -0.2) is 0 Å². The first-order valence-corrected chi connectivity index (χ1v) is 10.9. The van der Waals surface area contributed by atoms with Gasteiger partial charge in [0.2, 0.25) is 0 Å². The third kappa shape index (κ3) is 4.91. The first-order valence-electron chi connectivity index (χ1n) is 10.9. The molecular formula is C22H29F3N2O4. The van der Waals surface area contributed by atoms with Gasteiger partial charge in [-0.1, -0.05) is 0 Å². The number of aliphatic carboxylic acids is 1. The Balaban J connectivity index is 1.30. The van der Waals surface area contributed by atoms with Crippen LogP contribution < -0.4 is 9.64 Å². The number of anilines is 1. The number of ether oxygens (including phenoxy) is 2. The number of rotatable bonds is 6. The maximum Gasteiger partial charge on any atom is 0.391 e. The van der Waals surface area contributed by atoms with Gasteiger partial charge < -0.3 is 19.5 Å². The van der Waals surface area contributed by atoms with E-state index >= 15 is 0 Å². The number of halogens is 3. The zero-order chi connectivity index (χ0) is 22.2. The van der Waals surface area contributed by atoms with Crippen LogP contribution >= 0.6 is 0 Å². The van der Waals surface area contributed by atoms with Gasteiger partial charge in [-0.15, -0.1) is 0 Å². The number of morpholine rings is 1. The van der Waals surface area contributed by atoms with Crippen LogP contribution in [-0.2, 0) is 9.53 Å². The molecule has 9 heteroatoms. The highest BCUT2D eigenvalue weighted by Gasteiger charge is 2.60. The SMILES string of the molecule is CC1(C(=O)O)CC1[C@H]1CN(c2cncc(OCC3CCC(C(F)(F)F)CC3)c2)CCO1. The lowest BCUT2D eigenvalue weighted by molar-refractivity contribution is -0.184. The maximum absolute atomic E-state index is 12.8. The molecule has 2 saturated carbocycles. The van der Waals surface area contributed by atoms with E-state index in [4.69, 9.17) is 9.47 Å². The highest BCUT2D eigenvalue weighted by molar-refractivity contribution is 5.78. The van der Waals surface area contributed by atoms with Crippen molar-refractivity contribution in [1.29, 1.82) is 0 Å². The largest absolute Gasteiger partial charge is 0.492 e. The number of hydrogen-bond donors (Lipinski definition) is 1. The van der Waals surface area contributed by atoms with Crippen molar-refractivity contribution in [3.8, 4) is 5.75 Å². The number of carbonyl (C=O) groups is 1. The molecule has 0 radical (unpaired) electrons. The molecule has 0 bridgehead atoms. The van der Waals surface area contributed by atoms with Crippen LogP contribution in [0.25, 0.3) is 0 Å². The van der Waals surface area contributed by atoms with Crippen LogP contribution in [0.4, 0.5) is 18.9 Å². The molecule has 2 heterocycles. The van der Waals surface area contributed by atoms with Gasteiger partial charge in [0.05, 0.1) is 48.7 Å². The molecule has 0 amide bonds. The van der Waals surface area contributed by atoms with E-state index in [0.29, 0.717) is 51.3 Å². The fourth-order valence-corrected chi connectivity index (χ4v) is 4.87. The number of carboxylic acids is 1. The fourth-order valence-electron chi connectivity index (χ4n) is 4.87. The summed E-state index contributed by atoms with van der Waals surface area (Å²) in [5.41, 5.74) is 0.173. The lowest BCUT2D eigenvalue weighted by Gasteiger charge is -2.35. The summed E-state index contributed by atoms with van der Waals surface area (Å²) >= 11 is 0. The van der Waals surface area contributed by atoms with E-state index < -0.39 is 23.5 Å². The molecule has 1 N–H and O–H groups in total. The number of carboxylic acid groups (broad SMARTS) is 1. The molecule has 31 heavy (non-hydrogen) atoms. The summed E-state index contributed by atoms with van der Waals surface area (Å²) in [6, 6.07) is 1.89. The molecule has 6 nitrogen and oxygen atoms in total. The summed E-state index contributed by atoms with van der Waals surface area (Å²) in [6.07, 6.45) is 1.13. The number of aromatic nitrogens is 1. The normalized spacial score (nSPS) is 33.7. The highest BCUT2D eigenvalue weighted by atomic mass is 19.4. The van der Waals surface area contributed by atoms with E-state index in [0.717, 1.165) is 5.69 Å².